The molecule has 0 aromatic carbocycles. The van der Waals surface area contributed by atoms with Crippen LogP contribution in [0.1, 0.15) is 5.56 Å². The number of hydrogen-bond acceptors (Lipinski definition) is 7. The molecular formula is C12H14N6O. The fourth-order valence-corrected chi connectivity index (χ4v) is 1.40. The molecule has 2 aromatic heterocycles. The van der Waals surface area contributed by atoms with Crippen molar-refractivity contribution in [2.75, 3.05) is 12.0 Å². The number of anilines is 1. The second-order valence-corrected chi connectivity index (χ2v) is 3.80. The smallest absolute Gasteiger partial charge is 0.319 e. The van der Waals surface area contributed by atoms with Gasteiger partial charge in [-0.25, -0.2) is 5.43 Å². The first-order chi connectivity index (χ1) is 9.19. The van der Waals surface area contributed by atoms with Crippen molar-refractivity contribution in [2.24, 2.45) is 0 Å². The number of aryl methyl sites for hydroxylation is 1. The molecule has 0 bridgehead atoms. The molecule has 98 valence electrons. The molecule has 0 unspecified atom stereocenters. The van der Waals surface area contributed by atoms with E-state index in [4.69, 9.17) is 0 Å². The maximum absolute atomic E-state index is 9.50. The van der Waals surface area contributed by atoms with Gasteiger partial charge in [-0.3, -0.25) is 10.4 Å². The van der Waals surface area contributed by atoms with Crippen LogP contribution < -0.4 is 10.9 Å². The highest BCUT2D eigenvalue weighted by molar-refractivity contribution is 5.52. The van der Waals surface area contributed by atoms with E-state index in [2.05, 4.69) is 37.4 Å². The van der Waals surface area contributed by atoms with E-state index in [9.17, 15) is 5.11 Å². The maximum atomic E-state index is 9.50. The first-order valence-corrected chi connectivity index (χ1v) is 5.67. The zero-order chi connectivity index (χ0) is 13.7. The lowest BCUT2D eigenvalue weighted by molar-refractivity contribution is 0.429. The van der Waals surface area contributed by atoms with E-state index < -0.39 is 0 Å². The van der Waals surface area contributed by atoms with Crippen molar-refractivity contribution in [3.8, 4) is 17.5 Å². The predicted octanol–water partition coefficient (Wildman–Crippen LogP) is 1.05. The molecule has 3 N–H and O–H groups in total. The van der Waals surface area contributed by atoms with Crippen molar-refractivity contribution in [1.29, 1.82) is 0 Å². The van der Waals surface area contributed by atoms with Crippen molar-refractivity contribution >= 4 is 5.95 Å². The lowest BCUT2D eigenvalue weighted by Gasteiger charge is -2.06. The minimum atomic E-state index is -0.365. The number of pyridine rings is 1. The average molecular weight is 258 g/mol. The van der Waals surface area contributed by atoms with Crippen LogP contribution in [0.2, 0.25) is 0 Å². The van der Waals surface area contributed by atoms with E-state index in [0.717, 1.165) is 5.56 Å². The molecule has 19 heavy (non-hydrogen) atoms. The Kier molecular flexibility index (Phi) is 3.99. The molecule has 7 heteroatoms. The van der Waals surface area contributed by atoms with Crippen LogP contribution in [-0.4, -0.2) is 31.6 Å². The summed E-state index contributed by atoms with van der Waals surface area (Å²) < 4.78 is 0. The van der Waals surface area contributed by atoms with Gasteiger partial charge in [-0.05, 0) is 24.6 Å². The molecule has 0 saturated carbocycles. The lowest BCUT2D eigenvalue weighted by Crippen LogP contribution is -2.23. The van der Waals surface area contributed by atoms with E-state index >= 15 is 0 Å². The van der Waals surface area contributed by atoms with E-state index in [0.29, 0.717) is 18.1 Å². The summed E-state index contributed by atoms with van der Waals surface area (Å²) in [6.07, 6.45) is 3.34. The van der Waals surface area contributed by atoms with Crippen molar-refractivity contribution in [3.05, 3.63) is 36.5 Å². The SMILES string of the molecule is C=CCNNc1nc(O)nc(-c2cc(C)ccn2)n1. The summed E-state index contributed by atoms with van der Waals surface area (Å²) in [5.41, 5.74) is 7.16. The van der Waals surface area contributed by atoms with Gasteiger partial charge in [0.1, 0.15) is 5.69 Å². The Morgan fingerprint density at radius 1 is 1.37 bits per heavy atom. The zero-order valence-corrected chi connectivity index (χ0v) is 10.5. The van der Waals surface area contributed by atoms with Crippen LogP contribution in [0.5, 0.6) is 6.01 Å². The highest BCUT2D eigenvalue weighted by Crippen LogP contribution is 2.16. The minimum absolute atomic E-state index is 0.215. The lowest BCUT2D eigenvalue weighted by atomic mass is 10.2. The quantitative estimate of drug-likeness (QED) is 0.419. The van der Waals surface area contributed by atoms with E-state index in [1.807, 2.05) is 19.1 Å². The first-order valence-electron chi connectivity index (χ1n) is 5.67. The molecule has 0 aliphatic heterocycles. The number of aromatic hydroxyl groups is 1. The third-order valence-electron chi connectivity index (χ3n) is 2.21. The van der Waals surface area contributed by atoms with Crippen molar-refractivity contribution in [3.63, 3.8) is 0 Å². The number of rotatable bonds is 5. The van der Waals surface area contributed by atoms with Crippen LogP contribution >= 0.6 is 0 Å². The van der Waals surface area contributed by atoms with Crippen molar-refractivity contribution < 1.29 is 5.11 Å². The van der Waals surface area contributed by atoms with Crippen LogP contribution in [-0.2, 0) is 0 Å². The Morgan fingerprint density at radius 3 is 2.95 bits per heavy atom. The van der Waals surface area contributed by atoms with Crippen LogP contribution in [0.15, 0.2) is 31.0 Å². The Bertz CT molecular complexity index is 586. The summed E-state index contributed by atoms with van der Waals surface area (Å²) in [5, 5.41) is 9.50. The maximum Gasteiger partial charge on any atom is 0.319 e. The Morgan fingerprint density at radius 2 is 2.21 bits per heavy atom. The number of hydrazine groups is 1. The molecule has 0 aliphatic carbocycles. The highest BCUT2D eigenvalue weighted by Gasteiger charge is 2.08. The van der Waals surface area contributed by atoms with E-state index in [1.165, 1.54) is 0 Å². The summed E-state index contributed by atoms with van der Waals surface area (Å²) in [7, 11) is 0. The van der Waals surface area contributed by atoms with Crippen LogP contribution in [0.3, 0.4) is 0 Å². The fraction of sp³-hybridized carbons (Fsp3) is 0.167. The molecule has 0 spiro atoms. The molecule has 2 rings (SSSR count). The van der Waals surface area contributed by atoms with Gasteiger partial charge in [-0.15, -0.1) is 6.58 Å². The molecule has 0 fully saturated rings. The van der Waals surface area contributed by atoms with Crippen molar-refractivity contribution in [1.82, 2.24) is 25.4 Å². The summed E-state index contributed by atoms with van der Waals surface area (Å²) in [6.45, 7) is 6.04. The van der Waals surface area contributed by atoms with Crippen molar-refractivity contribution in [2.45, 2.75) is 6.92 Å². The Balaban J connectivity index is 2.28. The van der Waals surface area contributed by atoms with Crippen LogP contribution in [0.25, 0.3) is 11.5 Å². The fourth-order valence-electron chi connectivity index (χ4n) is 1.40. The number of nitrogens with one attached hydrogen (secondary N) is 2. The zero-order valence-electron chi connectivity index (χ0n) is 10.5. The normalized spacial score (nSPS) is 10.2. The van der Waals surface area contributed by atoms with Gasteiger partial charge < -0.3 is 5.11 Å². The van der Waals surface area contributed by atoms with Gasteiger partial charge in [0.25, 0.3) is 0 Å². The number of hydrogen-bond donors (Lipinski definition) is 3. The summed E-state index contributed by atoms with van der Waals surface area (Å²) in [5.74, 6) is 0.520. The Hall–Kier alpha value is -2.54. The second-order valence-electron chi connectivity index (χ2n) is 3.80. The first kappa shape index (κ1) is 12.9. The van der Waals surface area contributed by atoms with E-state index in [1.54, 1.807) is 12.3 Å². The van der Waals surface area contributed by atoms with Gasteiger partial charge in [-0.1, -0.05) is 6.08 Å². The van der Waals surface area contributed by atoms with E-state index in [-0.39, 0.29) is 12.0 Å². The van der Waals surface area contributed by atoms with Crippen LogP contribution in [0.4, 0.5) is 5.95 Å². The topological polar surface area (TPSA) is 95.9 Å². The van der Waals surface area contributed by atoms with Gasteiger partial charge in [-0.2, -0.15) is 15.0 Å². The van der Waals surface area contributed by atoms with Gasteiger partial charge in [0.05, 0.1) is 0 Å². The molecule has 7 nitrogen and oxygen atoms in total. The number of aromatic nitrogens is 4. The summed E-state index contributed by atoms with van der Waals surface area (Å²) in [6, 6.07) is 3.33. The third-order valence-corrected chi connectivity index (χ3v) is 2.21. The monoisotopic (exact) mass is 258 g/mol. The largest absolute Gasteiger partial charge is 0.479 e. The van der Waals surface area contributed by atoms with Gasteiger partial charge in [0, 0.05) is 12.7 Å². The molecular weight excluding hydrogens is 244 g/mol. The number of nitrogens with zero attached hydrogens (tertiary/aromatic N) is 4. The van der Waals surface area contributed by atoms with Gasteiger partial charge in [0.2, 0.25) is 5.95 Å². The van der Waals surface area contributed by atoms with Crippen LogP contribution in [0, 0.1) is 6.92 Å². The van der Waals surface area contributed by atoms with Gasteiger partial charge in [0.15, 0.2) is 5.82 Å². The molecule has 0 atom stereocenters. The Labute approximate surface area is 110 Å². The molecule has 2 heterocycles. The molecule has 0 aliphatic rings. The minimum Gasteiger partial charge on any atom is -0.479 e. The molecule has 2 aromatic rings. The summed E-state index contributed by atoms with van der Waals surface area (Å²) in [4.78, 5) is 15.9. The second kappa shape index (κ2) is 5.87. The predicted molar refractivity (Wildman–Crippen MR) is 71.3 cm³/mol. The third kappa shape index (κ3) is 3.46. The average Bonchev–Trinajstić information content (AvgIpc) is 2.38. The molecule has 0 amide bonds. The summed E-state index contributed by atoms with van der Waals surface area (Å²) >= 11 is 0. The molecule has 0 saturated heterocycles. The standard InChI is InChI=1S/C12H14N6O/c1-3-5-14-18-11-15-10(16-12(19)17-11)9-7-8(2)4-6-13-9/h3-4,6-7,14H,1,5H2,2H3,(H2,15,16,17,18,19). The molecule has 0 radical (unpaired) electrons. The van der Waals surface area contributed by atoms with Gasteiger partial charge >= 0.3 is 6.01 Å². The highest BCUT2D eigenvalue weighted by atomic mass is 16.3.